The van der Waals surface area contributed by atoms with E-state index in [0.29, 0.717) is 18.2 Å². The lowest BCUT2D eigenvalue weighted by molar-refractivity contribution is -0.225. The summed E-state index contributed by atoms with van der Waals surface area (Å²) in [6, 6.07) is 3.88. The molecule has 230 valence electrons. The first-order valence-corrected chi connectivity index (χ1v) is 12.7. The minimum absolute atomic E-state index is 0.0628. The summed E-state index contributed by atoms with van der Waals surface area (Å²) in [7, 11) is 0.775. The quantitative estimate of drug-likeness (QED) is 0.176. The Balaban J connectivity index is 1.92. The molecule has 2 amide bonds. The van der Waals surface area contributed by atoms with Crippen molar-refractivity contribution in [3.63, 3.8) is 0 Å². The molecule has 0 heterocycles. The number of allylic oxidation sites excluding steroid dienone is 2. The van der Waals surface area contributed by atoms with Crippen LogP contribution >= 0.6 is 34.8 Å². The van der Waals surface area contributed by atoms with Crippen LogP contribution in [-0.2, 0) is 22.2 Å². The Labute approximate surface area is 247 Å². The molecule has 5 nitrogen and oxygen atoms in total. The van der Waals surface area contributed by atoms with Crippen LogP contribution in [0.3, 0.4) is 0 Å². The normalized spacial score (nSPS) is 15.4. The molecule has 1 aliphatic rings. The molecule has 2 aromatic rings. The van der Waals surface area contributed by atoms with E-state index in [9.17, 15) is 49.1 Å². The van der Waals surface area contributed by atoms with Crippen molar-refractivity contribution in [1.82, 2.24) is 10.4 Å². The molecule has 1 fully saturated rings. The van der Waals surface area contributed by atoms with E-state index in [1.165, 1.54) is 0 Å². The van der Waals surface area contributed by atoms with Gasteiger partial charge in [-0.3, -0.25) is 14.4 Å². The summed E-state index contributed by atoms with van der Waals surface area (Å²) in [6.45, 7) is -1.83. The van der Waals surface area contributed by atoms with Crippen molar-refractivity contribution in [3.05, 3.63) is 73.7 Å². The molecule has 1 aliphatic carbocycles. The van der Waals surface area contributed by atoms with E-state index in [1.54, 1.807) is 0 Å². The van der Waals surface area contributed by atoms with Gasteiger partial charge in [-0.2, -0.15) is 39.5 Å². The number of nitrogens with one attached hydrogen (secondary N) is 1. The summed E-state index contributed by atoms with van der Waals surface area (Å²) in [5.74, 6) is -2.74. The minimum atomic E-state index is -5.17. The van der Waals surface area contributed by atoms with Gasteiger partial charge in [-0.25, -0.2) is 5.06 Å². The van der Waals surface area contributed by atoms with E-state index < -0.39 is 71.1 Å². The summed E-state index contributed by atoms with van der Waals surface area (Å²) in [4.78, 5) is 29.8. The number of hydrogen-bond acceptors (Lipinski definition) is 3. The number of amides is 2. The number of nitrogens with zero attached hydrogens (tertiary/aromatic N) is 1. The van der Waals surface area contributed by atoms with Gasteiger partial charge in [0.25, 0.3) is 11.8 Å². The predicted molar refractivity (Wildman–Crippen MR) is 135 cm³/mol. The lowest BCUT2D eigenvalue weighted by Crippen LogP contribution is -2.52. The van der Waals surface area contributed by atoms with E-state index in [-0.39, 0.29) is 38.5 Å². The minimum Gasteiger partial charge on any atom is -0.338 e. The first-order valence-electron chi connectivity index (χ1n) is 11.6. The third kappa shape index (κ3) is 8.03. The van der Waals surface area contributed by atoms with E-state index >= 15 is 0 Å². The number of carbonyl (C=O) groups is 2. The van der Waals surface area contributed by atoms with Crippen molar-refractivity contribution in [1.29, 1.82) is 0 Å². The number of hydroxylamine groups is 2. The lowest BCUT2D eigenvalue weighted by Gasteiger charge is -2.26. The first kappa shape index (κ1) is 33.8. The summed E-state index contributed by atoms with van der Waals surface area (Å²) in [6.07, 6.45) is -15.4. The molecule has 17 heteroatoms. The van der Waals surface area contributed by atoms with Gasteiger partial charge in [0.15, 0.2) is 0 Å². The summed E-state index contributed by atoms with van der Waals surface area (Å²) >= 11 is 17.4. The molecular weight excluding hydrogens is 654 g/mol. The molecule has 42 heavy (non-hydrogen) atoms. The van der Waals surface area contributed by atoms with Gasteiger partial charge >= 0.3 is 18.5 Å². The summed E-state index contributed by atoms with van der Waals surface area (Å²) in [5, 5.41) is 1.21. The van der Waals surface area contributed by atoms with E-state index in [4.69, 9.17) is 34.8 Å². The summed E-state index contributed by atoms with van der Waals surface area (Å²) < 4.78 is 121. The highest BCUT2D eigenvalue weighted by molar-refractivity contribution is 6.48. The van der Waals surface area contributed by atoms with Crippen molar-refractivity contribution in [2.75, 3.05) is 13.7 Å². The Morgan fingerprint density at radius 1 is 0.976 bits per heavy atom. The molecule has 0 radical (unpaired) electrons. The molecule has 0 bridgehead atoms. The maximum atomic E-state index is 13.9. The smallest absolute Gasteiger partial charge is 0.338 e. The third-order valence-electron chi connectivity index (χ3n) is 6.06. The number of hydrogen-bond donors (Lipinski definition) is 1. The predicted octanol–water partition coefficient (Wildman–Crippen LogP) is 8.07. The number of rotatable bonds is 8. The SMILES string of the molecule is CON(CC(F)(F)F)C(=O)C1(NC(=O)c2ccc(CC=C(c3cc(Cl)c(Cl)c(Cl)c3)C(F)(F)F)cc2C(F)(F)F)CC1. The van der Waals surface area contributed by atoms with Gasteiger partial charge in [0, 0.05) is 0 Å². The maximum Gasteiger partial charge on any atom is 0.417 e. The Hall–Kier alpha value is -2.68. The van der Waals surface area contributed by atoms with Crippen LogP contribution in [0.2, 0.25) is 15.1 Å². The molecule has 0 aromatic heterocycles. The summed E-state index contributed by atoms with van der Waals surface area (Å²) in [5.41, 5.74) is -6.51. The molecule has 3 rings (SSSR count). The van der Waals surface area contributed by atoms with Crippen LogP contribution in [0.1, 0.15) is 39.9 Å². The van der Waals surface area contributed by atoms with E-state index in [1.807, 2.05) is 5.32 Å². The van der Waals surface area contributed by atoms with Gasteiger partial charge < -0.3 is 5.32 Å². The molecule has 2 aromatic carbocycles. The van der Waals surface area contributed by atoms with Crippen molar-refractivity contribution in [2.45, 2.75) is 43.3 Å². The molecule has 0 unspecified atom stereocenters. The van der Waals surface area contributed by atoms with Gasteiger partial charge in [0.1, 0.15) is 12.1 Å². The highest BCUT2D eigenvalue weighted by Crippen LogP contribution is 2.41. The van der Waals surface area contributed by atoms with Gasteiger partial charge in [-0.15, -0.1) is 0 Å². The van der Waals surface area contributed by atoms with Gasteiger partial charge in [-0.1, -0.05) is 46.9 Å². The van der Waals surface area contributed by atoms with Crippen LogP contribution in [0, 0.1) is 0 Å². The lowest BCUT2D eigenvalue weighted by atomic mass is 9.98. The fraction of sp³-hybridized carbons (Fsp3) is 0.360. The second-order valence-corrected chi connectivity index (χ2v) is 10.3. The van der Waals surface area contributed by atoms with Gasteiger partial charge in [-0.05, 0) is 54.7 Å². The highest BCUT2D eigenvalue weighted by Gasteiger charge is 2.55. The maximum absolute atomic E-state index is 13.9. The highest BCUT2D eigenvalue weighted by atomic mass is 35.5. The molecule has 1 N–H and O–H groups in total. The van der Waals surface area contributed by atoms with Gasteiger partial charge in [0.05, 0.1) is 38.9 Å². The van der Waals surface area contributed by atoms with Crippen molar-refractivity contribution >= 4 is 52.2 Å². The average molecular weight is 672 g/mol. The van der Waals surface area contributed by atoms with Crippen molar-refractivity contribution < 1.29 is 53.9 Å². The largest absolute Gasteiger partial charge is 0.417 e. The fourth-order valence-electron chi connectivity index (χ4n) is 3.90. The van der Waals surface area contributed by atoms with Crippen molar-refractivity contribution in [2.24, 2.45) is 0 Å². The van der Waals surface area contributed by atoms with Crippen LogP contribution in [0.15, 0.2) is 36.4 Å². The second kappa shape index (κ2) is 12.1. The van der Waals surface area contributed by atoms with Crippen LogP contribution in [0.5, 0.6) is 0 Å². The number of carbonyl (C=O) groups excluding carboxylic acids is 2. The first-order chi connectivity index (χ1) is 19.2. The fourth-order valence-corrected chi connectivity index (χ4v) is 4.50. The zero-order valence-electron chi connectivity index (χ0n) is 21.0. The average Bonchev–Trinajstić information content (AvgIpc) is 3.63. The molecule has 0 saturated heterocycles. The number of alkyl halides is 9. The van der Waals surface area contributed by atoms with Crippen LogP contribution in [-0.4, -0.2) is 48.4 Å². The second-order valence-electron chi connectivity index (χ2n) is 9.13. The Morgan fingerprint density at radius 3 is 2.00 bits per heavy atom. The Kier molecular flexibility index (Phi) is 9.77. The molecule has 0 atom stereocenters. The van der Waals surface area contributed by atoms with Gasteiger partial charge in [0.2, 0.25) is 0 Å². The van der Waals surface area contributed by atoms with Crippen LogP contribution < -0.4 is 5.32 Å². The molecular formula is C25H18Cl3F9N2O3. The Bertz CT molecular complexity index is 1380. The van der Waals surface area contributed by atoms with Crippen LogP contribution in [0.25, 0.3) is 5.57 Å². The topological polar surface area (TPSA) is 58.6 Å². The van der Waals surface area contributed by atoms with E-state index in [2.05, 4.69) is 4.84 Å². The molecule has 1 saturated carbocycles. The standard InChI is InChI=1S/C25H18Cl3F9N2O3/c1-42-39(11-23(29,30)31)21(41)22(6-7-22)38-20(40)14-4-2-12(8-16(14)25(35,36)37)3-5-15(24(32,33)34)13-9-17(26)19(28)18(27)10-13/h2,4-5,8-10H,3,6-7,11H2,1H3,(H,38,40). The zero-order chi connectivity index (χ0) is 31.8. The Morgan fingerprint density at radius 2 is 1.55 bits per heavy atom. The molecule has 0 spiro atoms. The number of halogens is 12. The van der Waals surface area contributed by atoms with Crippen LogP contribution in [0.4, 0.5) is 39.5 Å². The third-order valence-corrected chi connectivity index (χ3v) is 7.25. The number of benzene rings is 2. The van der Waals surface area contributed by atoms with E-state index in [0.717, 1.165) is 25.3 Å². The monoisotopic (exact) mass is 670 g/mol. The molecule has 0 aliphatic heterocycles. The van der Waals surface area contributed by atoms with Crippen molar-refractivity contribution in [3.8, 4) is 0 Å². The zero-order valence-corrected chi connectivity index (χ0v) is 23.3.